The summed E-state index contributed by atoms with van der Waals surface area (Å²) in [6.07, 6.45) is 2.93. The molecule has 0 spiro atoms. The lowest BCUT2D eigenvalue weighted by Gasteiger charge is -2.28. The van der Waals surface area contributed by atoms with E-state index in [4.69, 9.17) is 12.2 Å². The molecule has 37 heavy (non-hydrogen) atoms. The lowest BCUT2D eigenvalue weighted by atomic mass is 9.96. The molecule has 0 bridgehead atoms. The number of aryl methyl sites for hydroxylation is 2. The van der Waals surface area contributed by atoms with Crippen molar-refractivity contribution in [3.8, 4) is 5.69 Å². The third kappa shape index (κ3) is 4.84. The molecule has 1 aliphatic heterocycles. The Morgan fingerprint density at radius 2 is 1.68 bits per heavy atom. The molecule has 2 atom stereocenters. The van der Waals surface area contributed by atoms with Crippen LogP contribution in [0.1, 0.15) is 40.3 Å². The second-order valence-corrected chi connectivity index (χ2v) is 11.5. The molecule has 2 aromatic heterocycles. The minimum absolute atomic E-state index is 0.167. The Balaban J connectivity index is 1.64. The third-order valence-corrected chi connectivity index (χ3v) is 7.61. The van der Waals surface area contributed by atoms with Crippen LogP contribution in [0.4, 0.5) is 11.4 Å². The predicted octanol–water partition coefficient (Wildman–Crippen LogP) is 5.35. The maximum atomic E-state index is 11.7. The van der Waals surface area contributed by atoms with E-state index >= 15 is 0 Å². The maximum Gasteiger partial charge on any atom is 0.229 e. The van der Waals surface area contributed by atoms with Crippen LogP contribution in [-0.2, 0) is 10.0 Å². The van der Waals surface area contributed by atoms with Gasteiger partial charge in [0.15, 0.2) is 5.11 Å². The summed E-state index contributed by atoms with van der Waals surface area (Å²) in [6, 6.07) is 23.4. The molecule has 9 heteroatoms. The first-order valence-electron chi connectivity index (χ1n) is 12.0. The van der Waals surface area contributed by atoms with Gasteiger partial charge in [-0.15, -0.1) is 0 Å². The van der Waals surface area contributed by atoms with Crippen LogP contribution in [0.25, 0.3) is 5.69 Å². The molecular weight excluding hydrogens is 502 g/mol. The Hall–Kier alpha value is -3.69. The van der Waals surface area contributed by atoms with E-state index in [2.05, 4.69) is 69.5 Å². The van der Waals surface area contributed by atoms with E-state index in [0.29, 0.717) is 10.8 Å². The van der Waals surface area contributed by atoms with Gasteiger partial charge in [-0.25, -0.2) is 8.42 Å². The Labute approximate surface area is 223 Å². The van der Waals surface area contributed by atoms with Crippen LogP contribution in [0, 0.1) is 20.8 Å². The third-order valence-electron chi connectivity index (χ3n) is 6.69. The highest BCUT2D eigenvalue weighted by molar-refractivity contribution is 7.92. The lowest BCUT2D eigenvalue weighted by molar-refractivity contribution is 0.565. The first kappa shape index (κ1) is 25.0. The highest BCUT2D eigenvalue weighted by Crippen LogP contribution is 2.44. The zero-order valence-electron chi connectivity index (χ0n) is 21.1. The number of nitrogens with zero attached hydrogens (tertiary/aromatic N) is 3. The smallest absolute Gasteiger partial charge is 0.229 e. The summed E-state index contributed by atoms with van der Waals surface area (Å²) in [5, 5.41) is 4.09. The zero-order chi connectivity index (χ0) is 26.3. The second-order valence-electron chi connectivity index (χ2n) is 9.37. The molecule has 4 aromatic rings. The molecule has 1 saturated heterocycles. The molecule has 0 saturated carbocycles. The Morgan fingerprint density at radius 3 is 2.32 bits per heavy atom. The van der Waals surface area contributed by atoms with Gasteiger partial charge in [-0.1, -0.05) is 24.3 Å². The van der Waals surface area contributed by atoms with Crippen LogP contribution in [0.2, 0.25) is 0 Å². The van der Waals surface area contributed by atoms with E-state index in [0.717, 1.165) is 40.3 Å². The Kier molecular flexibility index (Phi) is 6.51. The number of pyridine rings is 1. The number of hydrogen-bond donors (Lipinski definition) is 2. The van der Waals surface area contributed by atoms with Crippen LogP contribution in [0.15, 0.2) is 79.0 Å². The van der Waals surface area contributed by atoms with E-state index in [1.807, 2.05) is 36.4 Å². The summed E-state index contributed by atoms with van der Waals surface area (Å²) >= 11 is 5.86. The van der Waals surface area contributed by atoms with Crippen LogP contribution < -0.4 is 14.9 Å². The molecule has 0 aliphatic carbocycles. The van der Waals surface area contributed by atoms with E-state index in [1.54, 1.807) is 18.3 Å². The van der Waals surface area contributed by atoms with Gasteiger partial charge in [0, 0.05) is 34.6 Å². The average Bonchev–Trinajstić information content (AvgIpc) is 3.35. The first-order valence-corrected chi connectivity index (χ1v) is 14.3. The predicted molar refractivity (Wildman–Crippen MR) is 153 cm³/mol. The van der Waals surface area contributed by atoms with Crippen molar-refractivity contribution in [1.29, 1.82) is 0 Å². The van der Waals surface area contributed by atoms with E-state index in [9.17, 15) is 8.42 Å². The van der Waals surface area contributed by atoms with Gasteiger partial charge in [-0.2, -0.15) is 0 Å². The van der Waals surface area contributed by atoms with Crippen molar-refractivity contribution in [3.05, 3.63) is 107 Å². The van der Waals surface area contributed by atoms with E-state index < -0.39 is 10.0 Å². The normalized spacial score (nSPS) is 17.6. The van der Waals surface area contributed by atoms with Crippen LogP contribution in [0.3, 0.4) is 0 Å². The number of thiocarbonyl (C=S) groups is 1. The van der Waals surface area contributed by atoms with Gasteiger partial charge >= 0.3 is 0 Å². The molecular formula is C28H29N5O2S2. The maximum absolute atomic E-state index is 11.7. The lowest BCUT2D eigenvalue weighted by Crippen LogP contribution is -2.29. The molecule has 5 rings (SSSR count). The van der Waals surface area contributed by atoms with Crippen molar-refractivity contribution in [1.82, 2.24) is 14.9 Å². The molecule has 1 fully saturated rings. The quantitative estimate of drug-likeness (QED) is 0.327. The fourth-order valence-corrected chi connectivity index (χ4v) is 6.04. The average molecular weight is 532 g/mol. The highest BCUT2D eigenvalue weighted by atomic mass is 32.2. The monoisotopic (exact) mass is 531 g/mol. The van der Waals surface area contributed by atoms with Crippen molar-refractivity contribution >= 4 is 38.7 Å². The van der Waals surface area contributed by atoms with Gasteiger partial charge in [-0.05, 0) is 92.6 Å². The molecule has 0 unspecified atom stereocenters. The minimum Gasteiger partial charge on any atom is -0.351 e. The molecule has 0 amide bonds. The van der Waals surface area contributed by atoms with Gasteiger partial charge < -0.3 is 14.8 Å². The first-order chi connectivity index (χ1) is 17.6. The molecule has 2 N–H and O–H groups in total. The van der Waals surface area contributed by atoms with Crippen molar-refractivity contribution in [3.63, 3.8) is 0 Å². The number of anilines is 2. The van der Waals surface area contributed by atoms with Gasteiger partial charge in [0.2, 0.25) is 10.0 Å². The second kappa shape index (κ2) is 9.64. The minimum atomic E-state index is -3.37. The van der Waals surface area contributed by atoms with Gasteiger partial charge in [0.1, 0.15) is 0 Å². The molecule has 2 aromatic carbocycles. The van der Waals surface area contributed by atoms with Crippen molar-refractivity contribution in [2.45, 2.75) is 32.9 Å². The fraction of sp³-hybridized carbons (Fsp3) is 0.214. The number of sulfonamides is 1. The molecule has 1 aliphatic rings. The molecule has 3 heterocycles. The number of para-hydroxylation sites is 1. The van der Waals surface area contributed by atoms with Gasteiger partial charge in [-0.3, -0.25) is 9.71 Å². The zero-order valence-corrected chi connectivity index (χ0v) is 22.8. The van der Waals surface area contributed by atoms with E-state index in [-0.39, 0.29) is 12.1 Å². The molecule has 0 radical (unpaired) electrons. The Bertz CT molecular complexity index is 1560. The number of rotatable bonds is 6. The van der Waals surface area contributed by atoms with Crippen molar-refractivity contribution < 1.29 is 8.42 Å². The van der Waals surface area contributed by atoms with Crippen LogP contribution >= 0.6 is 12.2 Å². The molecule has 7 nitrogen and oxygen atoms in total. The van der Waals surface area contributed by atoms with Gasteiger partial charge in [0.25, 0.3) is 0 Å². The van der Waals surface area contributed by atoms with Gasteiger partial charge in [0.05, 0.1) is 24.0 Å². The highest BCUT2D eigenvalue weighted by Gasteiger charge is 2.42. The number of nitrogens with one attached hydrogen (secondary N) is 2. The van der Waals surface area contributed by atoms with Crippen molar-refractivity contribution in [2.24, 2.45) is 0 Å². The number of hydrogen-bond acceptors (Lipinski definition) is 4. The Morgan fingerprint density at radius 1 is 0.973 bits per heavy atom. The van der Waals surface area contributed by atoms with Crippen LogP contribution in [-0.4, -0.2) is 29.3 Å². The summed E-state index contributed by atoms with van der Waals surface area (Å²) in [4.78, 5) is 6.75. The summed E-state index contributed by atoms with van der Waals surface area (Å²) < 4.78 is 28.2. The van der Waals surface area contributed by atoms with E-state index in [1.165, 1.54) is 5.56 Å². The SMILES string of the molecule is Cc1ccccc1-n1c(C)cc([C@@H]2[C@H](c3ccccn3)NC(=S)N2c2ccc(NS(C)(=O)=O)cc2)c1C. The van der Waals surface area contributed by atoms with Crippen LogP contribution in [0.5, 0.6) is 0 Å². The number of benzene rings is 2. The largest absolute Gasteiger partial charge is 0.351 e. The fourth-order valence-electron chi connectivity index (χ4n) is 5.13. The topological polar surface area (TPSA) is 79.3 Å². The number of aromatic nitrogens is 2. The summed E-state index contributed by atoms with van der Waals surface area (Å²) in [7, 11) is -3.37. The molecule has 190 valence electrons. The van der Waals surface area contributed by atoms with Crippen molar-refractivity contribution in [2.75, 3.05) is 15.9 Å². The summed E-state index contributed by atoms with van der Waals surface area (Å²) in [5.74, 6) is 0. The summed E-state index contributed by atoms with van der Waals surface area (Å²) in [6.45, 7) is 6.38. The summed E-state index contributed by atoms with van der Waals surface area (Å²) in [5.41, 5.74) is 8.00. The standard InChI is InChI=1S/C28H29N5O2S2/c1-18-9-5-6-11-25(18)32-19(2)17-23(20(32)3)27-26(24-10-7-8-16-29-24)30-28(36)33(27)22-14-12-21(13-15-22)31-37(4,34)35/h5-17,26-27,31H,1-4H3,(H,30,36)/t26-,27+/m0/s1.